The van der Waals surface area contributed by atoms with Crippen LogP contribution in [0.5, 0.6) is 0 Å². The average Bonchev–Trinajstić information content (AvgIpc) is 3.00. The Kier molecular flexibility index (Phi) is 5.10. The number of nitro benzene ring substituents is 1. The van der Waals surface area contributed by atoms with Crippen molar-refractivity contribution >= 4 is 17.3 Å². The number of anilines is 1. The minimum Gasteiger partial charge on any atom is -0.396 e. The van der Waals surface area contributed by atoms with Crippen LogP contribution in [0.2, 0.25) is 0 Å². The molecule has 0 aromatic heterocycles. The van der Waals surface area contributed by atoms with Crippen LogP contribution in [0.15, 0.2) is 18.2 Å². The van der Waals surface area contributed by atoms with Gasteiger partial charge < -0.3 is 15.3 Å². The third kappa shape index (κ3) is 3.69. The summed E-state index contributed by atoms with van der Waals surface area (Å²) in [5.74, 6) is -0.362. The lowest BCUT2D eigenvalue weighted by Crippen LogP contribution is -2.25. The van der Waals surface area contributed by atoms with Crippen LogP contribution in [0.25, 0.3) is 0 Å². The van der Waals surface area contributed by atoms with E-state index in [0.717, 1.165) is 25.9 Å². The normalized spacial score (nSPS) is 14.2. The van der Waals surface area contributed by atoms with E-state index in [4.69, 9.17) is 5.11 Å². The first-order chi connectivity index (χ1) is 10.1. The van der Waals surface area contributed by atoms with Gasteiger partial charge in [0.25, 0.3) is 11.6 Å². The molecule has 1 fully saturated rings. The number of hydrogen-bond acceptors (Lipinski definition) is 5. The van der Waals surface area contributed by atoms with Crippen LogP contribution in [0.4, 0.5) is 11.4 Å². The Morgan fingerprint density at radius 3 is 2.71 bits per heavy atom. The van der Waals surface area contributed by atoms with E-state index in [-0.39, 0.29) is 23.8 Å². The van der Waals surface area contributed by atoms with Crippen LogP contribution in [-0.4, -0.2) is 42.2 Å². The van der Waals surface area contributed by atoms with Gasteiger partial charge in [-0.25, -0.2) is 0 Å². The van der Waals surface area contributed by atoms with Crippen molar-refractivity contribution < 1.29 is 14.8 Å². The molecule has 0 bridgehead atoms. The molecular formula is C14H19N3O4. The van der Waals surface area contributed by atoms with E-state index in [0.29, 0.717) is 18.7 Å². The maximum atomic E-state index is 11.9. The number of carbonyl (C=O) groups excluding carboxylic acids is 1. The first-order valence-electron chi connectivity index (χ1n) is 7.06. The highest BCUT2D eigenvalue weighted by Crippen LogP contribution is 2.31. The Bertz CT molecular complexity index is 527. The number of nitrogens with zero attached hydrogens (tertiary/aromatic N) is 2. The second kappa shape index (κ2) is 7.03. The van der Waals surface area contributed by atoms with Crippen molar-refractivity contribution in [3.8, 4) is 0 Å². The quantitative estimate of drug-likeness (QED) is 0.468. The summed E-state index contributed by atoms with van der Waals surface area (Å²) >= 11 is 0. The molecule has 1 aromatic rings. The number of rotatable bonds is 6. The predicted molar refractivity (Wildman–Crippen MR) is 78.6 cm³/mol. The molecule has 1 heterocycles. The van der Waals surface area contributed by atoms with Gasteiger partial charge in [-0.15, -0.1) is 0 Å². The van der Waals surface area contributed by atoms with E-state index < -0.39 is 4.92 Å². The lowest BCUT2D eigenvalue weighted by molar-refractivity contribution is -0.384. The molecule has 7 heteroatoms. The standard InChI is InChI=1S/C14H19N3O4/c18-9-3-6-15-14(19)11-4-5-12(13(10-11)17(20)21)16-7-1-2-8-16/h4-5,10,18H,1-3,6-9H2,(H,15,19). The number of nitrogens with one attached hydrogen (secondary N) is 1. The van der Waals surface area contributed by atoms with Gasteiger partial charge in [-0.2, -0.15) is 0 Å². The fraction of sp³-hybridized carbons (Fsp3) is 0.500. The van der Waals surface area contributed by atoms with Crippen LogP contribution in [0.1, 0.15) is 29.6 Å². The highest BCUT2D eigenvalue weighted by Gasteiger charge is 2.23. The Hall–Kier alpha value is -2.15. The molecule has 2 N–H and O–H groups in total. The first kappa shape index (κ1) is 15.2. The molecule has 1 aromatic carbocycles. The SMILES string of the molecule is O=C(NCCCO)c1ccc(N2CCCC2)c([N+](=O)[O-])c1. The molecule has 7 nitrogen and oxygen atoms in total. The summed E-state index contributed by atoms with van der Waals surface area (Å²) in [6.45, 7) is 1.96. The van der Waals surface area contributed by atoms with Gasteiger partial charge in [-0.1, -0.05) is 0 Å². The number of hydrogen-bond donors (Lipinski definition) is 2. The highest BCUT2D eigenvalue weighted by molar-refractivity contribution is 5.95. The van der Waals surface area contributed by atoms with Crippen molar-refractivity contribution in [2.45, 2.75) is 19.3 Å². The molecule has 0 atom stereocenters. The zero-order valence-corrected chi connectivity index (χ0v) is 11.7. The summed E-state index contributed by atoms with van der Waals surface area (Å²) < 4.78 is 0. The maximum absolute atomic E-state index is 11.9. The zero-order chi connectivity index (χ0) is 15.2. The number of benzene rings is 1. The van der Waals surface area contributed by atoms with Crippen molar-refractivity contribution in [1.82, 2.24) is 5.32 Å². The Morgan fingerprint density at radius 1 is 1.38 bits per heavy atom. The molecule has 0 spiro atoms. The summed E-state index contributed by atoms with van der Waals surface area (Å²) in [6, 6.07) is 4.57. The molecule has 1 aliphatic rings. The van der Waals surface area contributed by atoms with Gasteiger partial charge in [-0.05, 0) is 31.4 Å². The largest absolute Gasteiger partial charge is 0.396 e. The third-order valence-electron chi connectivity index (χ3n) is 3.50. The molecule has 21 heavy (non-hydrogen) atoms. The Morgan fingerprint density at radius 2 is 2.10 bits per heavy atom. The molecule has 114 valence electrons. The molecular weight excluding hydrogens is 274 g/mol. The smallest absolute Gasteiger partial charge is 0.293 e. The van der Waals surface area contributed by atoms with Gasteiger partial charge in [0.2, 0.25) is 0 Å². The maximum Gasteiger partial charge on any atom is 0.293 e. The fourth-order valence-corrected chi connectivity index (χ4v) is 2.42. The van der Waals surface area contributed by atoms with Crippen molar-refractivity contribution in [3.63, 3.8) is 0 Å². The fourth-order valence-electron chi connectivity index (χ4n) is 2.42. The molecule has 0 unspecified atom stereocenters. The van der Waals surface area contributed by atoms with Crippen LogP contribution in [0.3, 0.4) is 0 Å². The van der Waals surface area contributed by atoms with Crippen LogP contribution >= 0.6 is 0 Å². The second-order valence-electron chi connectivity index (χ2n) is 4.99. The minimum absolute atomic E-state index is 0.00563. The van der Waals surface area contributed by atoms with E-state index in [1.165, 1.54) is 6.07 Å². The van der Waals surface area contributed by atoms with Crippen molar-refractivity contribution in [3.05, 3.63) is 33.9 Å². The van der Waals surface area contributed by atoms with Gasteiger partial charge in [0, 0.05) is 37.9 Å². The zero-order valence-electron chi connectivity index (χ0n) is 11.7. The summed E-state index contributed by atoms with van der Waals surface area (Å²) in [5.41, 5.74) is 0.804. The first-order valence-corrected chi connectivity index (χ1v) is 7.06. The summed E-state index contributed by atoms with van der Waals surface area (Å²) in [4.78, 5) is 24.7. The molecule has 2 rings (SSSR count). The number of aliphatic hydroxyl groups is 1. The highest BCUT2D eigenvalue weighted by atomic mass is 16.6. The minimum atomic E-state index is -0.446. The Labute approximate surface area is 122 Å². The third-order valence-corrected chi connectivity index (χ3v) is 3.50. The molecule has 0 saturated carbocycles. The van der Waals surface area contributed by atoms with E-state index in [9.17, 15) is 14.9 Å². The van der Waals surface area contributed by atoms with E-state index in [2.05, 4.69) is 5.32 Å². The van der Waals surface area contributed by atoms with E-state index in [1.54, 1.807) is 12.1 Å². The number of nitro groups is 1. The van der Waals surface area contributed by atoms with Gasteiger partial charge in [0.15, 0.2) is 0 Å². The lowest BCUT2D eigenvalue weighted by atomic mass is 10.1. The lowest BCUT2D eigenvalue weighted by Gasteiger charge is -2.17. The molecule has 1 aliphatic heterocycles. The second-order valence-corrected chi connectivity index (χ2v) is 4.99. The molecule has 1 saturated heterocycles. The summed E-state index contributed by atoms with van der Waals surface area (Å²) in [5, 5.41) is 22.5. The monoisotopic (exact) mass is 293 g/mol. The van der Waals surface area contributed by atoms with Gasteiger partial charge in [0.1, 0.15) is 5.69 Å². The molecule has 1 amide bonds. The van der Waals surface area contributed by atoms with Crippen molar-refractivity contribution in [2.24, 2.45) is 0 Å². The number of amides is 1. The van der Waals surface area contributed by atoms with Crippen LogP contribution < -0.4 is 10.2 Å². The number of carbonyl (C=O) groups is 1. The Balaban J connectivity index is 2.19. The average molecular weight is 293 g/mol. The summed E-state index contributed by atoms with van der Waals surface area (Å²) in [6.07, 6.45) is 2.51. The predicted octanol–water partition coefficient (Wildman–Crippen LogP) is 1.31. The van der Waals surface area contributed by atoms with Gasteiger partial charge in [0.05, 0.1) is 4.92 Å². The van der Waals surface area contributed by atoms with E-state index >= 15 is 0 Å². The van der Waals surface area contributed by atoms with Crippen molar-refractivity contribution in [2.75, 3.05) is 31.1 Å². The van der Waals surface area contributed by atoms with Gasteiger partial charge >= 0.3 is 0 Å². The van der Waals surface area contributed by atoms with E-state index in [1.807, 2.05) is 4.90 Å². The molecule has 0 radical (unpaired) electrons. The number of aliphatic hydroxyl groups excluding tert-OH is 1. The van der Waals surface area contributed by atoms with Crippen molar-refractivity contribution in [1.29, 1.82) is 0 Å². The molecule has 0 aliphatic carbocycles. The van der Waals surface area contributed by atoms with Crippen LogP contribution in [-0.2, 0) is 0 Å². The topological polar surface area (TPSA) is 95.7 Å². The summed E-state index contributed by atoms with van der Waals surface area (Å²) in [7, 11) is 0. The van der Waals surface area contributed by atoms with Crippen LogP contribution in [0, 0.1) is 10.1 Å². The van der Waals surface area contributed by atoms with Gasteiger partial charge in [-0.3, -0.25) is 14.9 Å².